The van der Waals surface area contributed by atoms with Crippen LogP contribution in [0, 0.1) is 6.92 Å². The number of anilines is 2. The highest BCUT2D eigenvalue weighted by Gasteiger charge is 2.10. The van der Waals surface area contributed by atoms with Crippen molar-refractivity contribution in [2.24, 2.45) is 0 Å². The van der Waals surface area contributed by atoms with Gasteiger partial charge in [0.1, 0.15) is 0 Å². The first-order valence-corrected chi connectivity index (χ1v) is 6.80. The molecule has 0 radical (unpaired) electrons. The normalized spacial score (nSPS) is 10.2. The molecule has 0 atom stereocenters. The molecule has 0 aliphatic heterocycles. The first-order chi connectivity index (χ1) is 9.47. The van der Waals surface area contributed by atoms with Crippen molar-refractivity contribution in [3.05, 3.63) is 53.6 Å². The summed E-state index contributed by atoms with van der Waals surface area (Å²) in [6.45, 7) is 1.92. The zero-order valence-corrected chi connectivity index (χ0v) is 12.7. The minimum Gasteiger partial charge on any atom is -0.378 e. The van der Waals surface area contributed by atoms with E-state index in [1.54, 1.807) is 6.07 Å². The maximum absolute atomic E-state index is 12.3. The van der Waals surface area contributed by atoms with Crippen LogP contribution in [0.1, 0.15) is 15.9 Å². The minimum absolute atomic E-state index is 0.116. The Morgan fingerprint density at radius 1 is 1.15 bits per heavy atom. The van der Waals surface area contributed by atoms with E-state index < -0.39 is 0 Å². The van der Waals surface area contributed by atoms with Crippen LogP contribution >= 0.6 is 12.6 Å². The van der Waals surface area contributed by atoms with Gasteiger partial charge < -0.3 is 10.2 Å². The molecule has 0 aliphatic rings. The molecule has 0 fully saturated rings. The van der Waals surface area contributed by atoms with Gasteiger partial charge in [0.05, 0.1) is 0 Å². The Balaban J connectivity index is 2.23. The third kappa shape index (κ3) is 3.33. The van der Waals surface area contributed by atoms with Crippen molar-refractivity contribution in [1.82, 2.24) is 0 Å². The van der Waals surface area contributed by atoms with Crippen molar-refractivity contribution in [2.75, 3.05) is 24.3 Å². The lowest BCUT2D eigenvalue weighted by molar-refractivity contribution is 0.102. The highest BCUT2D eigenvalue weighted by molar-refractivity contribution is 7.80. The predicted molar refractivity (Wildman–Crippen MR) is 87.2 cm³/mol. The Morgan fingerprint density at radius 3 is 2.60 bits per heavy atom. The lowest BCUT2D eigenvalue weighted by Gasteiger charge is -2.14. The first-order valence-electron chi connectivity index (χ1n) is 6.36. The average Bonchev–Trinajstić information content (AvgIpc) is 2.41. The van der Waals surface area contributed by atoms with Crippen LogP contribution in [0.25, 0.3) is 0 Å². The topological polar surface area (TPSA) is 32.3 Å². The molecule has 0 saturated heterocycles. The van der Waals surface area contributed by atoms with Crippen LogP contribution in [0.3, 0.4) is 0 Å². The average molecular weight is 286 g/mol. The number of carbonyl (C=O) groups is 1. The standard InChI is InChI=1S/C16H18N2OS/c1-11-7-8-14(20)10-15(11)16(19)17-12-5-4-6-13(9-12)18(2)3/h4-10,20H,1-3H3,(H,17,19). The van der Waals surface area contributed by atoms with E-state index in [0.717, 1.165) is 21.8 Å². The highest BCUT2D eigenvalue weighted by atomic mass is 32.1. The smallest absolute Gasteiger partial charge is 0.255 e. The summed E-state index contributed by atoms with van der Waals surface area (Å²) in [5.41, 5.74) is 3.41. The van der Waals surface area contributed by atoms with E-state index in [2.05, 4.69) is 17.9 Å². The fourth-order valence-corrected chi connectivity index (χ4v) is 2.12. The van der Waals surface area contributed by atoms with Crippen LogP contribution in [0.5, 0.6) is 0 Å². The Hall–Kier alpha value is -1.94. The third-order valence-electron chi connectivity index (χ3n) is 3.09. The molecular weight excluding hydrogens is 268 g/mol. The van der Waals surface area contributed by atoms with Gasteiger partial charge in [-0.25, -0.2) is 0 Å². The van der Waals surface area contributed by atoms with Crippen molar-refractivity contribution in [3.63, 3.8) is 0 Å². The zero-order chi connectivity index (χ0) is 14.7. The van der Waals surface area contributed by atoms with Crippen molar-refractivity contribution < 1.29 is 4.79 Å². The zero-order valence-electron chi connectivity index (χ0n) is 11.8. The molecule has 0 heterocycles. The summed E-state index contributed by atoms with van der Waals surface area (Å²) in [4.78, 5) is 15.1. The van der Waals surface area contributed by atoms with Gasteiger partial charge in [-0.05, 0) is 42.8 Å². The summed E-state index contributed by atoms with van der Waals surface area (Å²) < 4.78 is 0. The van der Waals surface area contributed by atoms with Gasteiger partial charge in [0.15, 0.2) is 0 Å². The van der Waals surface area contributed by atoms with Crippen LogP contribution in [0.2, 0.25) is 0 Å². The van der Waals surface area contributed by atoms with E-state index in [0.29, 0.717) is 5.56 Å². The first kappa shape index (κ1) is 14.5. The number of carbonyl (C=O) groups excluding carboxylic acids is 1. The molecule has 20 heavy (non-hydrogen) atoms. The number of aryl methyl sites for hydroxylation is 1. The Bertz CT molecular complexity index is 638. The van der Waals surface area contributed by atoms with Crippen molar-refractivity contribution in [2.45, 2.75) is 11.8 Å². The molecule has 2 aromatic carbocycles. The van der Waals surface area contributed by atoms with Crippen LogP contribution in [-0.4, -0.2) is 20.0 Å². The molecule has 0 aliphatic carbocycles. The van der Waals surface area contributed by atoms with E-state index >= 15 is 0 Å². The van der Waals surface area contributed by atoms with Gasteiger partial charge in [0.25, 0.3) is 5.91 Å². The second-order valence-corrected chi connectivity index (χ2v) is 5.41. The Morgan fingerprint density at radius 2 is 1.90 bits per heavy atom. The van der Waals surface area contributed by atoms with Gasteiger partial charge in [0, 0.05) is 35.9 Å². The molecule has 104 valence electrons. The van der Waals surface area contributed by atoms with Gasteiger partial charge in [-0.3, -0.25) is 4.79 Å². The molecule has 2 rings (SSSR count). The molecule has 0 unspecified atom stereocenters. The van der Waals surface area contributed by atoms with Crippen molar-refractivity contribution >= 4 is 29.9 Å². The number of hydrogen-bond acceptors (Lipinski definition) is 3. The molecule has 0 saturated carbocycles. The van der Waals surface area contributed by atoms with Crippen LogP contribution in [0.4, 0.5) is 11.4 Å². The summed E-state index contributed by atoms with van der Waals surface area (Å²) in [7, 11) is 3.94. The molecule has 0 aromatic heterocycles. The number of nitrogens with zero attached hydrogens (tertiary/aromatic N) is 1. The summed E-state index contributed by atoms with van der Waals surface area (Å²) in [5, 5.41) is 2.92. The van der Waals surface area contributed by atoms with E-state index in [4.69, 9.17) is 0 Å². The van der Waals surface area contributed by atoms with Crippen LogP contribution in [-0.2, 0) is 0 Å². The second-order valence-electron chi connectivity index (χ2n) is 4.90. The molecule has 2 aromatic rings. The molecule has 0 spiro atoms. The van der Waals surface area contributed by atoms with Crippen molar-refractivity contribution in [3.8, 4) is 0 Å². The Kier molecular flexibility index (Phi) is 4.35. The second kappa shape index (κ2) is 6.01. The third-order valence-corrected chi connectivity index (χ3v) is 3.36. The lowest BCUT2D eigenvalue weighted by Crippen LogP contribution is -2.14. The SMILES string of the molecule is Cc1ccc(S)cc1C(=O)Nc1cccc(N(C)C)c1. The van der Waals surface area contributed by atoms with Gasteiger partial charge in [0.2, 0.25) is 0 Å². The number of hydrogen-bond donors (Lipinski definition) is 2. The molecule has 3 nitrogen and oxygen atoms in total. The Labute approximate surface area is 125 Å². The maximum Gasteiger partial charge on any atom is 0.255 e. The molecule has 0 bridgehead atoms. The largest absolute Gasteiger partial charge is 0.378 e. The lowest BCUT2D eigenvalue weighted by atomic mass is 10.1. The van der Waals surface area contributed by atoms with E-state index in [9.17, 15) is 4.79 Å². The minimum atomic E-state index is -0.116. The number of amides is 1. The number of thiol groups is 1. The number of rotatable bonds is 3. The van der Waals surface area contributed by atoms with Crippen LogP contribution < -0.4 is 10.2 Å². The predicted octanol–water partition coefficient (Wildman–Crippen LogP) is 3.60. The summed E-state index contributed by atoms with van der Waals surface area (Å²) in [6, 6.07) is 13.3. The summed E-state index contributed by atoms with van der Waals surface area (Å²) in [6.07, 6.45) is 0. The van der Waals surface area contributed by atoms with E-state index in [1.807, 2.05) is 62.3 Å². The fraction of sp³-hybridized carbons (Fsp3) is 0.188. The van der Waals surface area contributed by atoms with Gasteiger partial charge in [-0.1, -0.05) is 12.1 Å². The van der Waals surface area contributed by atoms with E-state index in [1.165, 1.54) is 0 Å². The summed E-state index contributed by atoms with van der Waals surface area (Å²) in [5.74, 6) is -0.116. The number of benzene rings is 2. The quantitative estimate of drug-likeness (QED) is 0.845. The number of nitrogens with one attached hydrogen (secondary N) is 1. The molecule has 1 N–H and O–H groups in total. The van der Waals surface area contributed by atoms with E-state index in [-0.39, 0.29) is 5.91 Å². The highest BCUT2D eigenvalue weighted by Crippen LogP contribution is 2.20. The van der Waals surface area contributed by atoms with Gasteiger partial charge in [-0.15, -0.1) is 12.6 Å². The van der Waals surface area contributed by atoms with Gasteiger partial charge >= 0.3 is 0 Å². The fourth-order valence-electron chi connectivity index (χ4n) is 1.91. The monoisotopic (exact) mass is 286 g/mol. The summed E-state index contributed by atoms with van der Waals surface area (Å²) >= 11 is 4.28. The van der Waals surface area contributed by atoms with Gasteiger partial charge in [-0.2, -0.15) is 0 Å². The van der Waals surface area contributed by atoms with Crippen LogP contribution in [0.15, 0.2) is 47.4 Å². The molecule has 1 amide bonds. The van der Waals surface area contributed by atoms with Crippen molar-refractivity contribution in [1.29, 1.82) is 0 Å². The maximum atomic E-state index is 12.3. The molecule has 4 heteroatoms. The molecular formula is C16H18N2OS.